The minimum absolute atomic E-state index is 0.0176. The van der Waals surface area contributed by atoms with Crippen LogP contribution in [0.15, 0.2) is 12.3 Å². The van der Waals surface area contributed by atoms with Crippen LogP contribution in [0.1, 0.15) is 35.8 Å². The number of rotatable bonds is 5. The Morgan fingerprint density at radius 1 is 1.57 bits per heavy atom. The number of anilines is 1. The molecule has 0 aromatic carbocycles. The molecule has 1 unspecified atom stereocenters. The molecule has 0 aliphatic carbocycles. The van der Waals surface area contributed by atoms with E-state index in [0.29, 0.717) is 11.5 Å². The molecule has 1 atom stereocenters. The van der Waals surface area contributed by atoms with E-state index in [-0.39, 0.29) is 5.91 Å². The molecule has 2 rings (SSSR count). The van der Waals surface area contributed by atoms with Crippen LogP contribution in [0.5, 0.6) is 0 Å². The molecule has 1 fully saturated rings. The van der Waals surface area contributed by atoms with E-state index in [9.17, 15) is 4.79 Å². The van der Waals surface area contributed by atoms with E-state index in [1.807, 2.05) is 27.0 Å². The molecule has 1 aromatic rings. The molecular formula is C16H25N3O2. The van der Waals surface area contributed by atoms with E-state index < -0.39 is 0 Å². The fourth-order valence-corrected chi connectivity index (χ4v) is 2.69. The number of pyridine rings is 1. The molecule has 1 amide bonds. The van der Waals surface area contributed by atoms with Crippen LogP contribution in [0.25, 0.3) is 0 Å². The van der Waals surface area contributed by atoms with Gasteiger partial charge in [-0.05, 0) is 38.7 Å². The third-order valence-corrected chi connectivity index (χ3v) is 3.77. The van der Waals surface area contributed by atoms with E-state index in [1.54, 1.807) is 11.1 Å². The van der Waals surface area contributed by atoms with E-state index in [0.717, 1.165) is 50.5 Å². The van der Waals surface area contributed by atoms with Gasteiger partial charge in [0.25, 0.3) is 5.91 Å². The number of carbonyl (C=O) groups excluding carboxylic acids is 1. The number of nitrogens with zero attached hydrogens (tertiary/aromatic N) is 2. The van der Waals surface area contributed by atoms with Gasteiger partial charge in [-0.2, -0.15) is 0 Å². The van der Waals surface area contributed by atoms with Gasteiger partial charge in [0.2, 0.25) is 0 Å². The monoisotopic (exact) mass is 291 g/mol. The van der Waals surface area contributed by atoms with Crippen molar-refractivity contribution in [2.24, 2.45) is 5.92 Å². The third kappa shape index (κ3) is 4.17. The molecule has 0 bridgehead atoms. The standard InChI is InChI=1S/C16H25N3O2/c1-4-17-15-8-12(2)18-9-14(15)16(20)19(3)10-13-6-5-7-21-11-13/h8-9,13H,4-7,10-11H2,1-3H3,(H,17,18). The van der Waals surface area contributed by atoms with Crippen LogP contribution in [0.2, 0.25) is 0 Å². The van der Waals surface area contributed by atoms with Crippen LogP contribution in [0, 0.1) is 12.8 Å². The van der Waals surface area contributed by atoms with Crippen molar-refractivity contribution >= 4 is 11.6 Å². The largest absolute Gasteiger partial charge is 0.385 e. The Balaban J connectivity index is 2.07. The predicted octanol–water partition coefficient (Wildman–Crippen LogP) is 2.32. The molecule has 2 heterocycles. The molecular weight excluding hydrogens is 266 g/mol. The first-order chi connectivity index (χ1) is 10.1. The number of hydrogen-bond donors (Lipinski definition) is 1. The predicted molar refractivity (Wildman–Crippen MR) is 83.6 cm³/mol. The molecule has 5 nitrogen and oxygen atoms in total. The zero-order chi connectivity index (χ0) is 15.2. The van der Waals surface area contributed by atoms with Crippen molar-refractivity contribution < 1.29 is 9.53 Å². The summed E-state index contributed by atoms with van der Waals surface area (Å²) >= 11 is 0. The molecule has 5 heteroatoms. The Morgan fingerprint density at radius 3 is 3.05 bits per heavy atom. The lowest BCUT2D eigenvalue weighted by Gasteiger charge is -2.27. The van der Waals surface area contributed by atoms with E-state index in [4.69, 9.17) is 4.74 Å². The highest BCUT2D eigenvalue weighted by atomic mass is 16.5. The number of aromatic nitrogens is 1. The van der Waals surface area contributed by atoms with E-state index in [1.165, 1.54) is 0 Å². The first-order valence-corrected chi connectivity index (χ1v) is 7.65. The van der Waals surface area contributed by atoms with Gasteiger partial charge in [-0.25, -0.2) is 0 Å². The summed E-state index contributed by atoms with van der Waals surface area (Å²) in [6.45, 7) is 7.07. The molecule has 1 aliphatic heterocycles. The van der Waals surface area contributed by atoms with Crippen molar-refractivity contribution in [2.75, 3.05) is 38.7 Å². The zero-order valence-electron chi connectivity index (χ0n) is 13.2. The fourth-order valence-electron chi connectivity index (χ4n) is 2.69. The summed E-state index contributed by atoms with van der Waals surface area (Å²) in [5.74, 6) is 0.456. The molecule has 116 valence electrons. The maximum Gasteiger partial charge on any atom is 0.257 e. The van der Waals surface area contributed by atoms with Gasteiger partial charge in [0.15, 0.2) is 0 Å². The highest BCUT2D eigenvalue weighted by Crippen LogP contribution is 2.20. The van der Waals surface area contributed by atoms with Gasteiger partial charge in [0, 0.05) is 38.6 Å². The number of nitrogens with one attached hydrogen (secondary N) is 1. The molecule has 1 aromatic heterocycles. The smallest absolute Gasteiger partial charge is 0.257 e. The van der Waals surface area contributed by atoms with Gasteiger partial charge < -0.3 is 15.0 Å². The van der Waals surface area contributed by atoms with Gasteiger partial charge >= 0.3 is 0 Å². The van der Waals surface area contributed by atoms with E-state index in [2.05, 4.69) is 10.3 Å². The number of ether oxygens (including phenoxy) is 1. The van der Waals surface area contributed by atoms with Crippen molar-refractivity contribution in [1.82, 2.24) is 9.88 Å². The molecule has 0 radical (unpaired) electrons. The van der Waals surface area contributed by atoms with E-state index >= 15 is 0 Å². The lowest BCUT2D eigenvalue weighted by atomic mass is 10.0. The maximum absolute atomic E-state index is 12.6. The zero-order valence-corrected chi connectivity index (χ0v) is 13.2. The quantitative estimate of drug-likeness (QED) is 0.904. The molecule has 21 heavy (non-hydrogen) atoms. The average molecular weight is 291 g/mol. The Bertz CT molecular complexity index is 484. The summed E-state index contributed by atoms with van der Waals surface area (Å²) in [6.07, 6.45) is 3.88. The number of hydrogen-bond acceptors (Lipinski definition) is 4. The Labute approximate surface area is 126 Å². The molecule has 1 aliphatic rings. The summed E-state index contributed by atoms with van der Waals surface area (Å²) in [4.78, 5) is 18.7. The Hall–Kier alpha value is -1.62. The summed E-state index contributed by atoms with van der Waals surface area (Å²) in [6, 6.07) is 1.92. The summed E-state index contributed by atoms with van der Waals surface area (Å²) in [7, 11) is 1.85. The fraction of sp³-hybridized carbons (Fsp3) is 0.625. The molecule has 1 N–H and O–H groups in total. The second kappa shape index (κ2) is 7.41. The highest BCUT2D eigenvalue weighted by Gasteiger charge is 2.21. The normalized spacial score (nSPS) is 18.3. The number of carbonyl (C=O) groups is 1. The first-order valence-electron chi connectivity index (χ1n) is 7.65. The van der Waals surface area contributed by atoms with Crippen LogP contribution < -0.4 is 5.32 Å². The molecule has 0 saturated carbocycles. The Kier molecular flexibility index (Phi) is 5.56. The van der Waals surface area contributed by atoms with Crippen LogP contribution in [0.3, 0.4) is 0 Å². The average Bonchev–Trinajstić information content (AvgIpc) is 2.48. The van der Waals surface area contributed by atoms with Gasteiger partial charge in [0.1, 0.15) is 0 Å². The number of aryl methyl sites for hydroxylation is 1. The van der Waals surface area contributed by atoms with Crippen LogP contribution in [-0.4, -0.2) is 49.1 Å². The third-order valence-electron chi connectivity index (χ3n) is 3.77. The van der Waals surface area contributed by atoms with Crippen molar-refractivity contribution in [3.8, 4) is 0 Å². The summed E-state index contributed by atoms with van der Waals surface area (Å²) < 4.78 is 5.48. The van der Waals surface area contributed by atoms with Crippen LogP contribution >= 0.6 is 0 Å². The maximum atomic E-state index is 12.6. The summed E-state index contributed by atoms with van der Waals surface area (Å²) in [5.41, 5.74) is 2.41. The van der Waals surface area contributed by atoms with Crippen molar-refractivity contribution in [2.45, 2.75) is 26.7 Å². The van der Waals surface area contributed by atoms with Crippen molar-refractivity contribution in [3.63, 3.8) is 0 Å². The topological polar surface area (TPSA) is 54.5 Å². The molecule has 0 spiro atoms. The first kappa shape index (κ1) is 15.8. The van der Waals surface area contributed by atoms with Gasteiger partial charge in [-0.3, -0.25) is 9.78 Å². The highest BCUT2D eigenvalue weighted by molar-refractivity contribution is 5.99. The Morgan fingerprint density at radius 2 is 2.38 bits per heavy atom. The summed E-state index contributed by atoms with van der Waals surface area (Å²) in [5, 5.41) is 3.24. The van der Waals surface area contributed by atoms with Crippen LogP contribution in [-0.2, 0) is 4.74 Å². The lowest BCUT2D eigenvalue weighted by Crippen LogP contribution is -2.35. The second-order valence-electron chi connectivity index (χ2n) is 5.67. The second-order valence-corrected chi connectivity index (χ2v) is 5.67. The SMILES string of the molecule is CCNc1cc(C)ncc1C(=O)N(C)CC1CCCOC1. The minimum atomic E-state index is 0.0176. The van der Waals surface area contributed by atoms with Gasteiger partial charge in [-0.15, -0.1) is 0 Å². The number of amides is 1. The van der Waals surface area contributed by atoms with Gasteiger partial charge in [0.05, 0.1) is 17.9 Å². The van der Waals surface area contributed by atoms with Gasteiger partial charge in [-0.1, -0.05) is 0 Å². The van der Waals surface area contributed by atoms with Crippen LogP contribution in [0.4, 0.5) is 5.69 Å². The van der Waals surface area contributed by atoms with Crippen molar-refractivity contribution in [1.29, 1.82) is 0 Å². The molecule has 1 saturated heterocycles. The minimum Gasteiger partial charge on any atom is -0.385 e. The van der Waals surface area contributed by atoms with Crippen molar-refractivity contribution in [3.05, 3.63) is 23.5 Å². The lowest BCUT2D eigenvalue weighted by molar-refractivity contribution is 0.0388.